The van der Waals surface area contributed by atoms with Crippen LogP contribution in [-0.2, 0) is 10.0 Å². The minimum Gasteiger partial charge on any atom is -0.283 e. The molecule has 1 aliphatic rings. The summed E-state index contributed by atoms with van der Waals surface area (Å²) in [5.41, 5.74) is 1.17. The molecule has 3 nitrogen and oxygen atoms in total. The second-order valence-electron chi connectivity index (χ2n) is 4.05. The van der Waals surface area contributed by atoms with Gasteiger partial charge < -0.3 is 0 Å². The van der Waals surface area contributed by atoms with Crippen LogP contribution in [0.1, 0.15) is 22.8 Å². The van der Waals surface area contributed by atoms with Crippen molar-refractivity contribution in [1.82, 2.24) is 0 Å². The Morgan fingerprint density at radius 3 is 2.59 bits per heavy atom. The minimum absolute atomic E-state index is 0.197. The summed E-state index contributed by atoms with van der Waals surface area (Å²) in [5, 5.41) is -1.54. The van der Waals surface area contributed by atoms with Crippen molar-refractivity contribution in [1.29, 1.82) is 0 Å². The van der Waals surface area contributed by atoms with Crippen molar-refractivity contribution in [3.05, 3.63) is 29.3 Å². The Hall–Kier alpha value is -1.24. The fourth-order valence-electron chi connectivity index (χ4n) is 1.86. The SMILES string of the molecule is Cc1ccc2c(c1)C(CC(F)(F)F)S(=O)(=O)N2. The van der Waals surface area contributed by atoms with Crippen molar-refractivity contribution in [3.8, 4) is 0 Å². The Kier molecular flexibility index (Phi) is 2.61. The number of anilines is 1. The summed E-state index contributed by atoms with van der Waals surface area (Å²) in [6.45, 7) is 1.70. The number of nitrogens with one attached hydrogen (secondary N) is 1. The van der Waals surface area contributed by atoms with Crippen molar-refractivity contribution in [2.24, 2.45) is 0 Å². The van der Waals surface area contributed by atoms with E-state index in [9.17, 15) is 21.6 Å². The molecule has 2 rings (SSSR count). The van der Waals surface area contributed by atoms with Gasteiger partial charge in [0, 0.05) is 0 Å². The van der Waals surface area contributed by atoms with Crippen LogP contribution >= 0.6 is 0 Å². The van der Waals surface area contributed by atoms with Gasteiger partial charge in [-0.3, -0.25) is 4.72 Å². The molecule has 17 heavy (non-hydrogen) atoms. The molecule has 1 aromatic carbocycles. The van der Waals surface area contributed by atoms with E-state index in [0.29, 0.717) is 0 Å². The molecule has 0 aliphatic carbocycles. The average Bonchev–Trinajstić information content (AvgIpc) is 2.37. The molecule has 0 bridgehead atoms. The van der Waals surface area contributed by atoms with Crippen LogP contribution < -0.4 is 4.72 Å². The summed E-state index contributed by atoms with van der Waals surface area (Å²) in [6.07, 6.45) is -5.87. The van der Waals surface area contributed by atoms with Crippen molar-refractivity contribution < 1.29 is 21.6 Å². The zero-order chi connectivity index (χ0) is 12.8. The third kappa shape index (κ3) is 2.38. The van der Waals surface area contributed by atoms with Gasteiger partial charge in [0.25, 0.3) is 0 Å². The number of aryl methyl sites for hydroxylation is 1. The van der Waals surface area contributed by atoms with Crippen molar-refractivity contribution in [2.45, 2.75) is 24.8 Å². The molecule has 1 aromatic rings. The van der Waals surface area contributed by atoms with E-state index in [4.69, 9.17) is 0 Å². The van der Waals surface area contributed by atoms with Gasteiger partial charge in [-0.1, -0.05) is 17.7 Å². The standard InChI is InChI=1S/C10H10F3NO2S/c1-6-2-3-8-7(4-6)9(5-10(11,12)13)17(15,16)14-8/h2-4,9,14H,5H2,1H3. The number of benzene rings is 1. The van der Waals surface area contributed by atoms with Crippen LogP contribution in [-0.4, -0.2) is 14.6 Å². The predicted molar refractivity (Wildman–Crippen MR) is 57.1 cm³/mol. The highest BCUT2D eigenvalue weighted by Gasteiger charge is 2.44. The second-order valence-corrected chi connectivity index (χ2v) is 5.91. The van der Waals surface area contributed by atoms with E-state index in [1.807, 2.05) is 0 Å². The lowest BCUT2D eigenvalue weighted by Gasteiger charge is -2.12. The molecule has 0 amide bonds. The number of alkyl halides is 3. The largest absolute Gasteiger partial charge is 0.390 e. The van der Waals surface area contributed by atoms with Crippen LogP contribution in [0.4, 0.5) is 18.9 Å². The predicted octanol–water partition coefficient (Wildman–Crippen LogP) is 2.74. The van der Waals surface area contributed by atoms with Crippen LogP contribution in [0, 0.1) is 6.92 Å². The lowest BCUT2D eigenvalue weighted by Crippen LogP contribution is -2.20. The molecule has 0 saturated carbocycles. The van der Waals surface area contributed by atoms with Gasteiger partial charge in [-0.15, -0.1) is 0 Å². The summed E-state index contributed by atoms with van der Waals surface area (Å²) >= 11 is 0. The Morgan fingerprint density at radius 2 is 2.00 bits per heavy atom. The van der Waals surface area contributed by atoms with E-state index in [1.165, 1.54) is 12.1 Å². The van der Waals surface area contributed by atoms with Crippen LogP contribution in [0.5, 0.6) is 0 Å². The average molecular weight is 265 g/mol. The maximum Gasteiger partial charge on any atom is 0.390 e. The fourth-order valence-corrected chi connectivity index (χ4v) is 3.44. The van der Waals surface area contributed by atoms with Gasteiger partial charge in [-0.05, 0) is 18.6 Å². The molecule has 0 aromatic heterocycles. The molecule has 7 heteroatoms. The van der Waals surface area contributed by atoms with E-state index in [-0.39, 0.29) is 11.3 Å². The number of hydrogen-bond donors (Lipinski definition) is 1. The van der Waals surface area contributed by atoms with E-state index in [0.717, 1.165) is 5.56 Å². The van der Waals surface area contributed by atoms with Gasteiger partial charge in [0.05, 0.1) is 12.1 Å². The van der Waals surface area contributed by atoms with Crippen molar-refractivity contribution >= 4 is 15.7 Å². The molecule has 1 atom stereocenters. The zero-order valence-electron chi connectivity index (χ0n) is 8.88. The van der Waals surface area contributed by atoms with Gasteiger partial charge in [-0.2, -0.15) is 13.2 Å². The molecular formula is C10H10F3NO2S. The minimum atomic E-state index is -4.51. The van der Waals surface area contributed by atoms with Gasteiger partial charge in [0.15, 0.2) is 0 Å². The first-order valence-electron chi connectivity index (χ1n) is 4.88. The molecule has 1 unspecified atom stereocenters. The van der Waals surface area contributed by atoms with Gasteiger partial charge >= 0.3 is 6.18 Å². The highest BCUT2D eigenvalue weighted by Crippen LogP contribution is 2.43. The third-order valence-corrected chi connectivity index (χ3v) is 4.27. The maximum atomic E-state index is 12.4. The number of hydrogen-bond acceptors (Lipinski definition) is 2. The first-order chi connectivity index (χ1) is 7.69. The smallest absolute Gasteiger partial charge is 0.283 e. The van der Waals surface area contributed by atoms with Gasteiger partial charge in [0.2, 0.25) is 10.0 Å². The molecule has 1 heterocycles. The number of fused-ring (bicyclic) bond motifs is 1. The van der Waals surface area contributed by atoms with E-state index in [1.54, 1.807) is 13.0 Å². The van der Waals surface area contributed by atoms with Gasteiger partial charge in [-0.25, -0.2) is 8.42 Å². The molecule has 0 fully saturated rings. The summed E-state index contributed by atoms with van der Waals surface area (Å²) in [5.74, 6) is 0. The van der Waals surface area contributed by atoms with E-state index < -0.39 is 27.9 Å². The highest BCUT2D eigenvalue weighted by molar-refractivity contribution is 7.93. The number of rotatable bonds is 1. The van der Waals surface area contributed by atoms with Crippen molar-refractivity contribution in [3.63, 3.8) is 0 Å². The Labute approximate surface area is 96.7 Å². The topological polar surface area (TPSA) is 46.2 Å². The zero-order valence-corrected chi connectivity index (χ0v) is 9.69. The van der Waals surface area contributed by atoms with Crippen LogP contribution in [0.25, 0.3) is 0 Å². The molecule has 1 N–H and O–H groups in total. The summed E-state index contributed by atoms with van der Waals surface area (Å²) in [4.78, 5) is 0. The van der Waals surface area contributed by atoms with Crippen molar-refractivity contribution in [2.75, 3.05) is 4.72 Å². The van der Waals surface area contributed by atoms with E-state index >= 15 is 0 Å². The van der Waals surface area contributed by atoms with Crippen LogP contribution in [0.3, 0.4) is 0 Å². The van der Waals surface area contributed by atoms with Crippen LogP contribution in [0.2, 0.25) is 0 Å². The summed E-state index contributed by atoms with van der Waals surface area (Å²) in [7, 11) is -3.97. The quantitative estimate of drug-likeness (QED) is 0.848. The normalized spacial score (nSPS) is 22.0. The Morgan fingerprint density at radius 1 is 1.35 bits per heavy atom. The second kappa shape index (κ2) is 3.63. The Balaban J connectivity index is 2.48. The molecule has 1 aliphatic heterocycles. The summed E-state index contributed by atoms with van der Waals surface area (Å²) in [6, 6.07) is 4.61. The molecular weight excluding hydrogens is 255 g/mol. The van der Waals surface area contributed by atoms with Crippen LogP contribution in [0.15, 0.2) is 18.2 Å². The highest BCUT2D eigenvalue weighted by atomic mass is 32.2. The fraction of sp³-hybridized carbons (Fsp3) is 0.400. The number of halogens is 3. The first-order valence-corrected chi connectivity index (χ1v) is 6.42. The molecule has 0 spiro atoms. The maximum absolute atomic E-state index is 12.4. The molecule has 94 valence electrons. The molecule has 0 saturated heterocycles. The summed E-state index contributed by atoms with van der Waals surface area (Å²) < 4.78 is 62.4. The lowest BCUT2D eigenvalue weighted by molar-refractivity contribution is -0.134. The number of sulfonamides is 1. The first kappa shape index (κ1) is 12.2. The monoisotopic (exact) mass is 265 g/mol. The molecule has 0 radical (unpaired) electrons. The lowest BCUT2D eigenvalue weighted by atomic mass is 10.0. The Bertz CT molecular complexity index is 551. The van der Waals surface area contributed by atoms with Gasteiger partial charge in [0.1, 0.15) is 5.25 Å². The van der Waals surface area contributed by atoms with E-state index in [2.05, 4.69) is 4.72 Å². The third-order valence-electron chi connectivity index (χ3n) is 2.60.